The highest BCUT2D eigenvalue weighted by molar-refractivity contribution is 6.15. The number of halogens is 1. The van der Waals surface area contributed by atoms with Crippen molar-refractivity contribution < 1.29 is 9.18 Å². The van der Waals surface area contributed by atoms with Crippen LogP contribution in [0.5, 0.6) is 0 Å². The monoisotopic (exact) mass is 384 g/mol. The minimum atomic E-state index is -0.342. The van der Waals surface area contributed by atoms with Gasteiger partial charge in [-0.3, -0.25) is 4.79 Å². The molecule has 29 heavy (non-hydrogen) atoms. The third-order valence-electron chi connectivity index (χ3n) is 5.04. The zero-order chi connectivity index (χ0) is 20.5. The predicted octanol–water partition coefficient (Wildman–Crippen LogP) is 6.22. The maximum Gasteiger partial charge on any atom is 0.256 e. The number of aryl methyl sites for hydroxylation is 2. The first-order valence-electron chi connectivity index (χ1n) is 9.48. The molecule has 0 saturated carbocycles. The molecule has 3 nitrogen and oxygen atoms in total. The number of benzene rings is 3. The molecule has 0 atom stereocenters. The molecule has 0 saturated heterocycles. The number of rotatable bonds is 3. The van der Waals surface area contributed by atoms with E-state index in [0.717, 1.165) is 38.9 Å². The van der Waals surface area contributed by atoms with Crippen LogP contribution in [0, 0.1) is 26.6 Å². The number of amides is 1. The van der Waals surface area contributed by atoms with Gasteiger partial charge in [0.15, 0.2) is 0 Å². The number of carbonyl (C=O) groups excluding carboxylic acids is 1. The number of aromatic nitrogens is 1. The van der Waals surface area contributed by atoms with E-state index in [-0.39, 0.29) is 11.7 Å². The second-order valence-electron chi connectivity index (χ2n) is 7.27. The largest absolute Gasteiger partial charge is 0.322 e. The van der Waals surface area contributed by atoms with Crippen LogP contribution in [0.25, 0.3) is 22.2 Å². The lowest BCUT2D eigenvalue weighted by Crippen LogP contribution is -2.15. The zero-order valence-electron chi connectivity index (χ0n) is 16.6. The highest BCUT2D eigenvalue weighted by Crippen LogP contribution is 2.32. The van der Waals surface area contributed by atoms with Gasteiger partial charge in [0.2, 0.25) is 0 Å². The van der Waals surface area contributed by atoms with Crippen molar-refractivity contribution in [3.05, 3.63) is 94.8 Å². The molecule has 1 aromatic heterocycles. The highest BCUT2D eigenvalue weighted by Gasteiger charge is 2.20. The molecule has 0 aliphatic heterocycles. The molecule has 144 valence electrons. The Balaban J connectivity index is 1.94. The molecule has 0 fully saturated rings. The average molecular weight is 384 g/mol. The molecule has 4 heteroatoms. The fourth-order valence-electron chi connectivity index (χ4n) is 3.71. The molecule has 1 amide bonds. The lowest BCUT2D eigenvalue weighted by Gasteiger charge is -2.16. The summed E-state index contributed by atoms with van der Waals surface area (Å²) < 4.78 is 13.2. The van der Waals surface area contributed by atoms with Crippen molar-refractivity contribution in [2.24, 2.45) is 0 Å². The van der Waals surface area contributed by atoms with Gasteiger partial charge in [-0.2, -0.15) is 0 Å². The van der Waals surface area contributed by atoms with Gasteiger partial charge in [0.25, 0.3) is 5.91 Å². The molecular formula is C25H21FN2O. The lowest BCUT2D eigenvalue weighted by atomic mass is 9.94. The molecule has 0 spiro atoms. The number of fused-ring (bicyclic) bond motifs is 1. The van der Waals surface area contributed by atoms with Crippen LogP contribution in [0.4, 0.5) is 10.1 Å². The Kier molecular flexibility index (Phi) is 4.85. The van der Waals surface area contributed by atoms with Gasteiger partial charge >= 0.3 is 0 Å². The first kappa shape index (κ1) is 18.8. The van der Waals surface area contributed by atoms with E-state index in [0.29, 0.717) is 11.3 Å². The normalized spacial score (nSPS) is 10.9. The molecule has 3 aromatic carbocycles. The van der Waals surface area contributed by atoms with Crippen LogP contribution in [0.2, 0.25) is 0 Å². The van der Waals surface area contributed by atoms with E-state index in [1.807, 2.05) is 57.2 Å². The number of nitrogens with zero attached hydrogens (tertiary/aromatic N) is 1. The van der Waals surface area contributed by atoms with E-state index in [9.17, 15) is 9.18 Å². The molecule has 4 rings (SSSR count). The lowest BCUT2D eigenvalue weighted by molar-refractivity contribution is 0.102. The van der Waals surface area contributed by atoms with Gasteiger partial charge in [0, 0.05) is 16.6 Å². The summed E-state index contributed by atoms with van der Waals surface area (Å²) in [5.74, 6) is -0.574. The Morgan fingerprint density at radius 1 is 0.931 bits per heavy atom. The molecule has 1 heterocycles. The summed E-state index contributed by atoms with van der Waals surface area (Å²) in [7, 11) is 0. The van der Waals surface area contributed by atoms with Crippen LogP contribution in [0.1, 0.15) is 27.0 Å². The van der Waals surface area contributed by atoms with Crippen LogP contribution in [-0.4, -0.2) is 10.9 Å². The summed E-state index contributed by atoms with van der Waals surface area (Å²) in [6.45, 7) is 5.94. The average Bonchev–Trinajstić information content (AvgIpc) is 2.70. The fourth-order valence-corrected chi connectivity index (χ4v) is 3.71. The Morgan fingerprint density at radius 3 is 2.31 bits per heavy atom. The van der Waals surface area contributed by atoms with Crippen molar-refractivity contribution in [2.75, 3.05) is 5.32 Å². The number of anilines is 1. The molecule has 4 aromatic rings. The van der Waals surface area contributed by atoms with Crippen LogP contribution in [-0.2, 0) is 0 Å². The summed E-state index contributed by atoms with van der Waals surface area (Å²) in [4.78, 5) is 18.2. The fraction of sp³-hybridized carbons (Fsp3) is 0.120. The summed E-state index contributed by atoms with van der Waals surface area (Å²) >= 11 is 0. The molecule has 0 unspecified atom stereocenters. The third kappa shape index (κ3) is 3.61. The predicted molar refractivity (Wildman–Crippen MR) is 116 cm³/mol. The second-order valence-corrected chi connectivity index (χ2v) is 7.27. The Labute approximate surface area is 169 Å². The molecule has 0 radical (unpaired) electrons. The van der Waals surface area contributed by atoms with Crippen molar-refractivity contribution in [3.63, 3.8) is 0 Å². The van der Waals surface area contributed by atoms with E-state index in [1.54, 1.807) is 12.1 Å². The molecule has 0 aliphatic carbocycles. The summed E-state index contributed by atoms with van der Waals surface area (Å²) in [6, 6.07) is 19.7. The Bertz CT molecular complexity index is 1220. The number of carbonyl (C=O) groups is 1. The smallest absolute Gasteiger partial charge is 0.256 e. The molecule has 1 N–H and O–H groups in total. The first-order chi connectivity index (χ1) is 13.9. The zero-order valence-corrected chi connectivity index (χ0v) is 16.6. The second kappa shape index (κ2) is 7.47. The van der Waals surface area contributed by atoms with E-state index < -0.39 is 0 Å². The van der Waals surface area contributed by atoms with Gasteiger partial charge in [0.1, 0.15) is 5.82 Å². The van der Waals surface area contributed by atoms with E-state index in [4.69, 9.17) is 4.98 Å². The number of hydrogen-bond donors (Lipinski definition) is 1. The summed E-state index contributed by atoms with van der Waals surface area (Å²) in [5.41, 5.74) is 6.60. The van der Waals surface area contributed by atoms with E-state index >= 15 is 0 Å². The van der Waals surface area contributed by atoms with Crippen LogP contribution in [0.3, 0.4) is 0 Å². The van der Waals surface area contributed by atoms with Crippen molar-refractivity contribution in [2.45, 2.75) is 20.8 Å². The Hall–Kier alpha value is -3.53. The number of pyridine rings is 1. The van der Waals surface area contributed by atoms with Gasteiger partial charge in [0.05, 0.1) is 16.8 Å². The third-order valence-corrected chi connectivity index (χ3v) is 5.04. The number of hydrogen-bond acceptors (Lipinski definition) is 2. The molecular weight excluding hydrogens is 363 g/mol. The van der Waals surface area contributed by atoms with Crippen molar-refractivity contribution in [3.8, 4) is 11.3 Å². The quantitative estimate of drug-likeness (QED) is 0.456. The topological polar surface area (TPSA) is 42.0 Å². The van der Waals surface area contributed by atoms with Crippen LogP contribution < -0.4 is 5.32 Å². The summed E-state index contributed by atoms with van der Waals surface area (Å²) in [5, 5.41) is 3.72. The Morgan fingerprint density at radius 2 is 1.62 bits per heavy atom. The van der Waals surface area contributed by atoms with Crippen LogP contribution in [0.15, 0.2) is 66.7 Å². The van der Waals surface area contributed by atoms with Gasteiger partial charge in [-0.1, -0.05) is 42.0 Å². The minimum Gasteiger partial charge on any atom is -0.322 e. The molecule has 0 bridgehead atoms. The maximum absolute atomic E-state index is 13.3. The molecule has 0 aliphatic rings. The SMILES string of the molecule is Cc1cc(C)c2nc(-c3ccccc3)c(C)c(C(=O)Nc3ccc(F)cc3)c2c1. The maximum atomic E-state index is 13.3. The minimum absolute atomic E-state index is 0.233. The van der Waals surface area contributed by atoms with E-state index in [2.05, 4.69) is 11.4 Å². The number of nitrogens with one attached hydrogen (secondary N) is 1. The van der Waals surface area contributed by atoms with Gasteiger partial charge in [-0.05, 0) is 62.2 Å². The van der Waals surface area contributed by atoms with Gasteiger partial charge < -0.3 is 5.32 Å². The van der Waals surface area contributed by atoms with Gasteiger partial charge in [-0.25, -0.2) is 9.37 Å². The van der Waals surface area contributed by atoms with Gasteiger partial charge in [-0.15, -0.1) is 0 Å². The first-order valence-corrected chi connectivity index (χ1v) is 9.48. The van der Waals surface area contributed by atoms with Crippen LogP contribution >= 0.6 is 0 Å². The highest BCUT2D eigenvalue weighted by atomic mass is 19.1. The van der Waals surface area contributed by atoms with Crippen molar-refractivity contribution in [1.82, 2.24) is 4.98 Å². The van der Waals surface area contributed by atoms with Crippen molar-refractivity contribution in [1.29, 1.82) is 0 Å². The van der Waals surface area contributed by atoms with Crippen molar-refractivity contribution >= 4 is 22.5 Å². The summed E-state index contributed by atoms with van der Waals surface area (Å²) in [6.07, 6.45) is 0. The standard InChI is InChI=1S/C25H21FN2O/c1-15-13-16(2)23-21(14-15)22(25(29)27-20-11-9-19(26)10-12-20)17(3)24(28-23)18-7-5-4-6-8-18/h4-14H,1-3H3,(H,27,29). The van der Waals surface area contributed by atoms with E-state index in [1.165, 1.54) is 12.1 Å².